The molecule has 1 aliphatic heterocycles. The fraction of sp³-hybridized carbons (Fsp3) is 0.167. The molecule has 0 atom stereocenters. The van der Waals surface area contributed by atoms with Crippen molar-refractivity contribution in [2.24, 2.45) is 5.14 Å². The zero-order valence-electron chi connectivity index (χ0n) is 19.1. The normalized spacial score (nSPS) is 15.0. The smallest absolute Gasteiger partial charge is 0.320 e. The molecule has 9 nitrogen and oxygen atoms in total. The first-order valence-electron chi connectivity index (χ1n) is 10.7. The summed E-state index contributed by atoms with van der Waals surface area (Å²) in [6, 6.07) is 15.7. The molecule has 1 saturated heterocycles. The van der Waals surface area contributed by atoms with Gasteiger partial charge < -0.3 is 20.9 Å². The Kier molecular flexibility index (Phi) is 7.01. The Labute approximate surface area is 212 Å². The Hall–Kier alpha value is -3.51. The molecule has 4 rings (SSSR count). The summed E-state index contributed by atoms with van der Waals surface area (Å²) in [7, 11) is -2.25. The summed E-state index contributed by atoms with van der Waals surface area (Å²) >= 11 is 5.86. The predicted molar refractivity (Wildman–Crippen MR) is 136 cm³/mol. The molecule has 5 N–H and O–H groups in total. The quantitative estimate of drug-likeness (QED) is 0.387. The Morgan fingerprint density at radius 3 is 2.31 bits per heavy atom. The maximum atomic E-state index is 15.0. The van der Waals surface area contributed by atoms with Crippen LogP contribution >= 0.6 is 11.6 Å². The monoisotopic (exact) mass is 531 g/mol. The van der Waals surface area contributed by atoms with E-state index in [2.05, 4.69) is 16.0 Å². The van der Waals surface area contributed by atoms with Crippen molar-refractivity contribution in [1.82, 2.24) is 10.2 Å². The highest BCUT2D eigenvalue weighted by atomic mass is 35.5. The zero-order chi connectivity index (χ0) is 26.1. The average Bonchev–Trinajstić information content (AvgIpc) is 2.80. The van der Waals surface area contributed by atoms with Gasteiger partial charge in [-0.15, -0.1) is 0 Å². The number of likely N-dealkylation sites (tertiary alicyclic amines) is 1. The van der Waals surface area contributed by atoms with Crippen LogP contribution in [0.15, 0.2) is 71.6 Å². The molecule has 1 aliphatic rings. The second-order valence-corrected chi connectivity index (χ2v) is 10.5. The summed E-state index contributed by atoms with van der Waals surface area (Å²) in [5, 5.41) is 13.6. The number of carbonyl (C=O) groups excluding carboxylic acids is 2. The lowest BCUT2D eigenvalue weighted by atomic mass is 9.89. The van der Waals surface area contributed by atoms with E-state index in [-0.39, 0.29) is 34.8 Å². The number of amides is 3. The van der Waals surface area contributed by atoms with Crippen molar-refractivity contribution in [2.45, 2.75) is 10.4 Å². The number of nitrogens with one attached hydrogen (secondary N) is 3. The van der Waals surface area contributed by atoms with E-state index in [1.54, 1.807) is 37.4 Å². The van der Waals surface area contributed by atoms with Crippen LogP contribution in [0.5, 0.6) is 0 Å². The molecular weight excluding hydrogens is 509 g/mol. The van der Waals surface area contributed by atoms with Gasteiger partial charge >= 0.3 is 6.03 Å². The summed E-state index contributed by atoms with van der Waals surface area (Å²) in [5.41, 5.74) is -0.411. The molecule has 0 aromatic heterocycles. The molecule has 188 valence electrons. The molecule has 0 saturated carbocycles. The highest BCUT2D eigenvalue weighted by Crippen LogP contribution is 2.30. The van der Waals surface area contributed by atoms with E-state index in [0.29, 0.717) is 10.7 Å². The molecule has 0 bridgehead atoms. The number of sulfonamides is 1. The Balaban J connectivity index is 1.51. The van der Waals surface area contributed by atoms with Gasteiger partial charge in [-0.2, -0.15) is 0 Å². The fourth-order valence-electron chi connectivity index (χ4n) is 4.05. The molecule has 1 fully saturated rings. The van der Waals surface area contributed by atoms with E-state index in [1.807, 2.05) is 4.90 Å². The number of halogens is 2. The number of nitrogens with two attached hydrogens (primary N) is 1. The van der Waals surface area contributed by atoms with E-state index in [1.165, 1.54) is 30.3 Å². The summed E-state index contributed by atoms with van der Waals surface area (Å²) in [6.45, 7) is 0.433. The van der Waals surface area contributed by atoms with Crippen molar-refractivity contribution in [3.05, 3.63) is 77.6 Å². The van der Waals surface area contributed by atoms with Crippen molar-refractivity contribution in [2.75, 3.05) is 30.8 Å². The van der Waals surface area contributed by atoms with Crippen molar-refractivity contribution in [3.63, 3.8) is 0 Å². The third kappa shape index (κ3) is 5.49. The fourth-order valence-corrected chi connectivity index (χ4v) is 4.93. The van der Waals surface area contributed by atoms with Crippen LogP contribution in [0, 0.1) is 5.82 Å². The standard InChI is InChI=1S/C24H23ClFN5O4S/c1-31-13-24(14-31,30-23(33)28-17-9-7-16(25)8-10-17)22(32)29-20-11-6-15(12-19(20)26)18-4-2-3-5-21(18)36(27,34)35/h2-12H,13-14H2,1H3,(H,29,32)(H2,27,34,35)(H2,28,30,33). The maximum Gasteiger partial charge on any atom is 0.320 e. The van der Waals surface area contributed by atoms with Crippen molar-refractivity contribution in [1.29, 1.82) is 0 Å². The minimum atomic E-state index is -4.03. The van der Waals surface area contributed by atoms with E-state index in [0.717, 1.165) is 6.07 Å². The summed E-state index contributed by atoms with van der Waals surface area (Å²) < 4.78 is 38.8. The second kappa shape index (κ2) is 9.86. The molecule has 0 radical (unpaired) electrons. The predicted octanol–water partition coefficient (Wildman–Crippen LogP) is 3.24. The molecule has 0 aliphatic carbocycles. The Bertz CT molecular complexity index is 1430. The summed E-state index contributed by atoms with van der Waals surface area (Å²) in [4.78, 5) is 27.4. The highest BCUT2D eigenvalue weighted by molar-refractivity contribution is 7.89. The molecule has 1 heterocycles. The first kappa shape index (κ1) is 25.6. The molecule has 0 spiro atoms. The van der Waals surface area contributed by atoms with Gasteiger partial charge in [-0.1, -0.05) is 35.9 Å². The van der Waals surface area contributed by atoms with Gasteiger partial charge in [0, 0.05) is 29.4 Å². The summed E-state index contributed by atoms with van der Waals surface area (Å²) in [6.07, 6.45) is 0. The third-order valence-corrected chi connectivity index (χ3v) is 6.91. The van der Waals surface area contributed by atoms with Crippen molar-refractivity contribution in [3.8, 4) is 11.1 Å². The minimum absolute atomic E-state index is 0.120. The molecule has 3 aromatic rings. The van der Waals surface area contributed by atoms with Gasteiger partial charge in [0.1, 0.15) is 11.4 Å². The Morgan fingerprint density at radius 2 is 1.69 bits per heavy atom. The van der Waals surface area contributed by atoms with E-state index < -0.39 is 33.3 Å². The van der Waals surface area contributed by atoms with Crippen LogP contribution in [0.2, 0.25) is 5.02 Å². The number of primary sulfonamides is 1. The van der Waals surface area contributed by atoms with Crippen LogP contribution < -0.4 is 21.1 Å². The second-order valence-electron chi connectivity index (χ2n) is 8.53. The molecule has 3 aromatic carbocycles. The lowest BCUT2D eigenvalue weighted by Crippen LogP contribution is -2.74. The van der Waals surface area contributed by atoms with Gasteiger partial charge in [0.2, 0.25) is 10.0 Å². The number of hydrogen-bond donors (Lipinski definition) is 4. The molecular formula is C24H23ClFN5O4S. The Morgan fingerprint density at radius 1 is 1.03 bits per heavy atom. The number of carbonyl (C=O) groups is 2. The van der Waals surface area contributed by atoms with Gasteiger partial charge in [0.15, 0.2) is 0 Å². The maximum absolute atomic E-state index is 15.0. The first-order valence-corrected chi connectivity index (χ1v) is 12.7. The van der Waals surface area contributed by atoms with Crippen molar-refractivity contribution < 1.29 is 22.4 Å². The van der Waals surface area contributed by atoms with Crippen LogP contribution in [0.25, 0.3) is 11.1 Å². The van der Waals surface area contributed by atoms with Crippen LogP contribution in [0.3, 0.4) is 0 Å². The van der Waals surface area contributed by atoms with Crippen molar-refractivity contribution >= 4 is 44.9 Å². The van der Waals surface area contributed by atoms with Crippen LogP contribution in [0.4, 0.5) is 20.6 Å². The zero-order valence-corrected chi connectivity index (χ0v) is 20.7. The van der Waals surface area contributed by atoms with E-state index >= 15 is 0 Å². The number of urea groups is 1. The molecule has 12 heteroatoms. The van der Waals surface area contributed by atoms with Crippen LogP contribution in [-0.2, 0) is 14.8 Å². The average molecular weight is 532 g/mol. The van der Waals surface area contributed by atoms with Crippen LogP contribution in [-0.4, -0.2) is 50.9 Å². The number of nitrogens with zero attached hydrogens (tertiary/aromatic N) is 1. The number of hydrogen-bond acceptors (Lipinski definition) is 5. The van der Waals surface area contributed by atoms with Gasteiger partial charge in [0.05, 0.1) is 10.6 Å². The third-order valence-electron chi connectivity index (χ3n) is 5.69. The highest BCUT2D eigenvalue weighted by Gasteiger charge is 2.49. The largest absolute Gasteiger partial charge is 0.321 e. The number of anilines is 2. The van der Waals surface area contributed by atoms with E-state index in [9.17, 15) is 22.4 Å². The molecule has 3 amide bonds. The number of rotatable bonds is 6. The van der Waals surface area contributed by atoms with Gasteiger partial charge in [-0.3, -0.25) is 4.79 Å². The lowest BCUT2D eigenvalue weighted by Gasteiger charge is -2.47. The first-order chi connectivity index (χ1) is 17.0. The molecule has 36 heavy (non-hydrogen) atoms. The number of benzene rings is 3. The topological polar surface area (TPSA) is 134 Å². The van der Waals surface area contributed by atoms with Gasteiger partial charge in [0.25, 0.3) is 5.91 Å². The SMILES string of the molecule is CN1CC(NC(=O)Nc2ccc(Cl)cc2)(C(=O)Nc2ccc(-c3ccccc3S(N)(=O)=O)cc2F)C1. The number of likely N-dealkylation sites (N-methyl/N-ethyl adjacent to an activating group) is 1. The minimum Gasteiger partial charge on any atom is -0.321 e. The lowest BCUT2D eigenvalue weighted by molar-refractivity contribution is -0.128. The summed E-state index contributed by atoms with van der Waals surface area (Å²) in [5.74, 6) is -1.37. The van der Waals surface area contributed by atoms with Gasteiger partial charge in [-0.25, -0.2) is 22.7 Å². The van der Waals surface area contributed by atoms with E-state index in [4.69, 9.17) is 16.7 Å². The van der Waals surface area contributed by atoms with Crippen LogP contribution in [0.1, 0.15) is 0 Å². The van der Waals surface area contributed by atoms with Gasteiger partial charge in [-0.05, 0) is 55.1 Å². The molecule has 0 unspecified atom stereocenters.